The van der Waals surface area contributed by atoms with Crippen molar-refractivity contribution in [2.75, 3.05) is 7.11 Å². The van der Waals surface area contributed by atoms with Crippen molar-refractivity contribution in [1.82, 2.24) is 0 Å². The summed E-state index contributed by atoms with van der Waals surface area (Å²) in [4.78, 5) is 0. The molecule has 0 aromatic carbocycles. The first-order valence-electron chi connectivity index (χ1n) is 6.28. The molecule has 2 nitrogen and oxygen atoms in total. The van der Waals surface area contributed by atoms with Crippen LogP contribution in [-0.2, 0) is 4.74 Å². The summed E-state index contributed by atoms with van der Waals surface area (Å²) in [5, 5.41) is 9.92. The zero-order chi connectivity index (χ0) is 14.1. The Morgan fingerprint density at radius 2 is 2.00 bits per heavy atom. The molecule has 0 spiro atoms. The molecule has 18 heavy (non-hydrogen) atoms. The molecule has 0 amide bonds. The summed E-state index contributed by atoms with van der Waals surface area (Å²) in [6.07, 6.45) is 5.10. The number of aliphatic hydroxyl groups excluding tert-OH is 1. The first-order valence-corrected chi connectivity index (χ1v) is 7.53. The molecule has 3 heteroatoms. The predicted molar refractivity (Wildman–Crippen MR) is 86.9 cm³/mol. The SMILES string of the molecule is C=CC[C@H](O)C(C)=C[C@H](CC)[C@@H](OC)C(C)=CI. The van der Waals surface area contributed by atoms with Gasteiger partial charge in [0.1, 0.15) is 0 Å². The highest BCUT2D eigenvalue weighted by atomic mass is 127. The third-order valence-electron chi connectivity index (χ3n) is 3.13. The fraction of sp³-hybridized carbons (Fsp3) is 0.600. The normalized spacial score (nSPS) is 18.3. The number of halogens is 1. The van der Waals surface area contributed by atoms with Gasteiger partial charge in [0, 0.05) is 13.0 Å². The third-order valence-corrected chi connectivity index (χ3v) is 4.11. The minimum Gasteiger partial charge on any atom is -0.388 e. The topological polar surface area (TPSA) is 29.5 Å². The van der Waals surface area contributed by atoms with E-state index >= 15 is 0 Å². The van der Waals surface area contributed by atoms with Crippen LogP contribution in [0.2, 0.25) is 0 Å². The van der Waals surface area contributed by atoms with Crippen LogP contribution >= 0.6 is 22.6 Å². The van der Waals surface area contributed by atoms with E-state index in [-0.39, 0.29) is 6.10 Å². The van der Waals surface area contributed by atoms with E-state index in [9.17, 15) is 5.11 Å². The van der Waals surface area contributed by atoms with Gasteiger partial charge in [-0.15, -0.1) is 6.58 Å². The molecule has 0 rings (SSSR count). The van der Waals surface area contributed by atoms with Crippen LogP contribution in [0.3, 0.4) is 0 Å². The maximum absolute atomic E-state index is 9.92. The van der Waals surface area contributed by atoms with Crippen molar-refractivity contribution in [1.29, 1.82) is 0 Å². The molecule has 0 aromatic heterocycles. The van der Waals surface area contributed by atoms with Gasteiger partial charge >= 0.3 is 0 Å². The Balaban J connectivity index is 4.96. The molecule has 1 N–H and O–H groups in total. The predicted octanol–water partition coefficient (Wildman–Crippen LogP) is 4.25. The largest absolute Gasteiger partial charge is 0.388 e. The molecule has 0 unspecified atom stereocenters. The molecule has 0 aliphatic heterocycles. The van der Waals surface area contributed by atoms with Gasteiger partial charge in [0.05, 0.1) is 12.2 Å². The molecule has 0 heterocycles. The lowest BCUT2D eigenvalue weighted by Gasteiger charge is -2.24. The maximum Gasteiger partial charge on any atom is 0.0848 e. The zero-order valence-corrected chi connectivity index (χ0v) is 14.0. The number of methoxy groups -OCH3 is 1. The third kappa shape index (κ3) is 5.67. The lowest BCUT2D eigenvalue weighted by atomic mass is 9.91. The van der Waals surface area contributed by atoms with Gasteiger partial charge in [-0.05, 0) is 41.9 Å². The first-order chi connectivity index (χ1) is 8.51. The van der Waals surface area contributed by atoms with Crippen molar-refractivity contribution in [2.24, 2.45) is 5.92 Å². The fourth-order valence-electron chi connectivity index (χ4n) is 1.97. The highest BCUT2D eigenvalue weighted by molar-refractivity contribution is 14.1. The summed E-state index contributed by atoms with van der Waals surface area (Å²) in [5.41, 5.74) is 2.21. The zero-order valence-electron chi connectivity index (χ0n) is 11.8. The van der Waals surface area contributed by atoms with E-state index in [1.807, 2.05) is 6.92 Å². The summed E-state index contributed by atoms with van der Waals surface area (Å²) in [6, 6.07) is 0. The quantitative estimate of drug-likeness (QED) is 0.515. The average molecular weight is 364 g/mol. The van der Waals surface area contributed by atoms with Gasteiger partial charge in [-0.1, -0.05) is 41.7 Å². The Morgan fingerprint density at radius 1 is 1.39 bits per heavy atom. The van der Waals surface area contributed by atoms with Crippen LogP contribution in [0.5, 0.6) is 0 Å². The molecular weight excluding hydrogens is 339 g/mol. The van der Waals surface area contributed by atoms with Gasteiger partial charge in [-0.3, -0.25) is 0 Å². The number of hydrogen-bond acceptors (Lipinski definition) is 2. The number of aliphatic hydroxyl groups is 1. The Bertz CT molecular complexity index is 308. The van der Waals surface area contributed by atoms with Crippen molar-refractivity contribution in [2.45, 2.75) is 45.8 Å². The first kappa shape index (κ1) is 17.9. The second kappa shape index (κ2) is 9.75. The minimum absolute atomic E-state index is 0.0813. The monoisotopic (exact) mass is 364 g/mol. The number of hydrogen-bond donors (Lipinski definition) is 1. The fourth-order valence-corrected chi connectivity index (χ4v) is 2.33. The summed E-state index contributed by atoms with van der Waals surface area (Å²) in [6.45, 7) is 9.83. The molecule has 3 atom stereocenters. The second-order valence-electron chi connectivity index (χ2n) is 4.53. The van der Waals surface area contributed by atoms with E-state index in [0.717, 1.165) is 12.0 Å². The van der Waals surface area contributed by atoms with Crippen molar-refractivity contribution in [3.63, 3.8) is 0 Å². The summed E-state index contributed by atoms with van der Waals surface area (Å²) in [7, 11) is 1.74. The molecule has 0 radical (unpaired) electrons. The highest BCUT2D eigenvalue weighted by Gasteiger charge is 2.20. The van der Waals surface area contributed by atoms with Crippen molar-refractivity contribution < 1.29 is 9.84 Å². The van der Waals surface area contributed by atoms with Crippen LogP contribution in [0.15, 0.2) is 34.0 Å². The Hall–Kier alpha value is -0.130. The Kier molecular flexibility index (Phi) is 9.68. The van der Waals surface area contributed by atoms with Gasteiger partial charge in [-0.2, -0.15) is 0 Å². The van der Waals surface area contributed by atoms with E-state index in [2.05, 4.69) is 53.2 Å². The lowest BCUT2D eigenvalue weighted by molar-refractivity contribution is 0.0951. The number of rotatable bonds is 8. The van der Waals surface area contributed by atoms with E-state index in [1.165, 1.54) is 5.57 Å². The number of ether oxygens (including phenoxy) is 1. The van der Waals surface area contributed by atoms with Crippen LogP contribution in [0, 0.1) is 5.92 Å². The molecule has 0 fully saturated rings. The van der Waals surface area contributed by atoms with E-state index in [0.29, 0.717) is 12.3 Å². The molecule has 0 aliphatic carbocycles. The molecular formula is C15H25IO2. The van der Waals surface area contributed by atoms with Crippen LogP contribution < -0.4 is 0 Å². The minimum atomic E-state index is -0.432. The standard InChI is InChI=1S/C15H25IO2/c1-6-8-14(17)11(3)9-13(7-2)15(18-5)12(4)10-16/h6,9-10,13-15,17H,1,7-8H2,2-5H3/t13-,14-,15-/m0/s1. The highest BCUT2D eigenvalue weighted by Crippen LogP contribution is 2.24. The lowest BCUT2D eigenvalue weighted by Crippen LogP contribution is -2.23. The van der Waals surface area contributed by atoms with Gasteiger partial charge in [0.15, 0.2) is 0 Å². The second-order valence-corrected chi connectivity index (χ2v) is 5.16. The van der Waals surface area contributed by atoms with Crippen molar-refractivity contribution in [3.8, 4) is 0 Å². The average Bonchev–Trinajstić information content (AvgIpc) is 2.37. The summed E-state index contributed by atoms with van der Waals surface area (Å²) in [5.74, 6) is 0.292. The van der Waals surface area contributed by atoms with Crippen molar-refractivity contribution >= 4 is 22.6 Å². The van der Waals surface area contributed by atoms with Gasteiger partial charge in [0.2, 0.25) is 0 Å². The molecule has 0 bridgehead atoms. The molecule has 0 aromatic rings. The maximum atomic E-state index is 9.92. The summed E-state index contributed by atoms with van der Waals surface area (Å²) < 4.78 is 7.63. The molecule has 0 saturated carbocycles. The van der Waals surface area contributed by atoms with Crippen molar-refractivity contribution in [3.05, 3.63) is 34.0 Å². The van der Waals surface area contributed by atoms with Gasteiger partial charge < -0.3 is 9.84 Å². The van der Waals surface area contributed by atoms with Crippen LogP contribution in [0.25, 0.3) is 0 Å². The van der Waals surface area contributed by atoms with Crippen LogP contribution in [0.4, 0.5) is 0 Å². The smallest absolute Gasteiger partial charge is 0.0848 e. The molecule has 0 aliphatic rings. The van der Waals surface area contributed by atoms with Crippen LogP contribution in [0.1, 0.15) is 33.6 Å². The molecule has 104 valence electrons. The van der Waals surface area contributed by atoms with E-state index in [1.54, 1.807) is 13.2 Å². The Labute approximate surface area is 125 Å². The van der Waals surface area contributed by atoms with E-state index in [4.69, 9.17) is 4.74 Å². The van der Waals surface area contributed by atoms with Crippen LogP contribution in [-0.4, -0.2) is 24.4 Å². The van der Waals surface area contributed by atoms with Gasteiger partial charge in [0.25, 0.3) is 0 Å². The van der Waals surface area contributed by atoms with E-state index < -0.39 is 6.10 Å². The summed E-state index contributed by atoms with van der Waals surface area (Å²) >= 11 is 2.24. The van der Waals surface area contributed by atoms with Gasteiger partial charge in [-0.25, -0.2) is 0 Å². The molecule has 0 saturated heterocycles. The Morgan fingerprint density at radius 3 is 2.39 bits per heavy atom.